The van der Waals surface area contributed by atoms with Crippen molar-refractivity contribution < 1.29 is 24.6 Å². The SMILES string of the molecule is Nc1ccc(C[C@H](NC(=O)c2ccccc2C(=O)O)C(=O)O)cc1. The fourth-order valence-corrected chi connectivity index (χ4v) is 2.19. The molecule has 2 aromatic carbocycles. The van der Waals surface area contributed by atoms with Gasteiger partial charge in [-0.3, -0.25) is 4.79 Å². The second-order valence-electron chi connectivity index (χ2n) is 5.16. The molecule has 0 aliphatic heterocycles. The molecule has 0 aliphatic carbocycles. The van der Waals surface area contributed by atoms with Crippen molar-refractivity contribution >= 4 is 23.5 Å². The van der Waals surface area contributed by atoms with Gasteiger partial charge in [0.2, 0.25) is 0 Å². The molecule has 1 amide bonds. The van der Waals surface area contributed by atoms with Crippen molar-refractivity contribution in [3.8, 4) is 0 Å². The number of aliphatic carboxylic acids is 1. The number of amides is 1. The molecule has 0 heterocycles. The van der Waals surface area contributed by atoms with Gasteiger partial charge < -0.3 is 21.3 Å². The Labute approximate surface area is 137 Å². The molecule has 0 fully saturated rings. The first-order valence-corrected chi connectivity index (χ1v) is 7.09. The first kappa shape index (κ1) is 17.0. The van der Waals surface area contributed by atoms with Crippen molar-refractivity contribution in [2.75, 3.05) is 5.73 Å². The lowest BCUT2D eigenvalue weighted by Gasteiger charge is -2.15. The second kappa shape index (κ2) is 7.28. The Morgan fingerprint density at radius 1 is 0.958 bits per heavy atom. The number of hydrogen-bond donors (Lipinski definition) is 4. The maximum atomic E-state index is 12.3. The number of rotatable bonds is 6. The highest BCUT2D eigenvalue weighted by Gasteiger charge is 2.23. The van der Waals surface area contributed by atoms with Gasteiger partial charge in [0, 0.05) is 12.1 Å². The number of aromatic carboxylic acids is 1. The van der Waals surface area contributed by atoms with Crippen LogP contribution in [0, 0.1) is 0 Å². The summed E-state index contributed by atoms with van der Waals surface area (Å²) in [5, 5.41) is 20.8. The quantitative estimate of drug-likeness (QED) is 0.593. The van der Waals surface area contributed by atoms with Gasteiger partial charge in [-0.2, -0.15) is 0 Å². The maximum Gasteiger partial charge on any atom is 0.336 e. The molecule has 2 aromatic rings. The summed E-state index contributed by atoms with van der Waals surface area (Å²) >= 11 is 0. The third-order valence-electron chi connectivity index (χ3n) is 3.43. The van der Waals surface area contributed by atoms with E-state index in [0.29, 0.717) is 11.3 Å². The van der Waals surface area contributed by atoms with E-state index in [1.54, 1.807) is 24.3 Å². The third kappa shape index (κ3) is 4.10. The van der Waals surface area contributed by atoms with E-state index in [1.165, 1.54) is 24.3 Å². The molecule has 0 radical (unpaired) electrons. The highest BCUT2D eigenvalue weighted by Crippen LogP contribution is 2.11. The van der Waals surface area contributed by atoms with E-state index in [4.69, 9.17) is 10.8 Å². The van der Waals surface area contributed by atoms with Gasteiger partial charge in [-0.05, 0) is 29.8 Å². The van der Waals surface area contributed by atoms with E-state index >= 15 is 0 Å². The molecule has 124 valence electrons. The summed E-state index contributed by atoms with van der Waals surface area (Å²) in [5.74, 6) is -3.23. The zero-order valence-corrected chi connectivity index (χ0v) is 12.6. The number of nitrogens with two attached hydrogens (primary N) is 1. The Kier molecular flexibility index (Phi) is 5.16. The Balaban J connectivity index is 2.19. The molecule has 5 N–H and O–H groups in total. The van der Waals surface area contributed by atoms with E-state index < -0.39 is 23.9 Å². The minimum Gasteiger partial charge on any atom is -0.480 e. The second-order valence-corrected chi connectivity index (χ2v) is 5.16. The number of anilines is 1. The predicted molar refractivity (Wildman–Crippen MR) is 86.8 cm³/mol. The van der Waals surface area contributed by atoms with Crippen LogP contribution in [0.5, 0.6) is 0 Å². The molecule has 7 nitrogen and oxygen atoms in total. The molecule has 0 saturated carbocycles. The molecule has 0 unspecified atom stereocenters. The molecule has 0 bridgehead atoms. The predicted octanol–water partition coefficient (Wildman–Crippen LogP) is 1.39. The van der Waals surface area contributed by atoms with Gasteiger partial charge in [0.25, 0.3) is 5.91 Å². The lowest BCUT2D eigenvalue weighted by molar-refractivity contribution is -0.139. The number of benzene rings is 2. The standard InChI is InChI=1S/C17H16N2O5/c18-11-7-5-10(6-8-11)9-14(17(23)24)19-15(20)12-3-1-2-4-13(12)16(21)22/h1-8,14H,9,18H2,(H,19,20)(H,21,22)(H,23,24)/t14-/m0/s1. The largest absolute Gasteiger partial charge is 0.480 e. The smallest absolute Gasteiger partial charge is 0.336 e. The number of nitrogen functional groups attached to an aromatic ring is 1. The number of carbonyl (C=O) groups excluding carboxylic acids is 1. The Morgan fingerprint density at radius 3 is 2.08 bits per heavy atom. The molecule has 0 saturated heterocycles. The van der Waals surface area contributed by atoms with Crippen molar-refractivity contribution in [2.24, 2.45) is 0 Å². The fourth-order valence-electron chi connectivity index (χ4n) is 2.19. The van der Waals surface area contributed by atoms with Crippen LogP contribution in [0.4, 0.5) is 5.69 Å². The average Bonchev–Trinajstić information content (AvgIpc) is 2.56. The van der Waals surface area contributed by atoms with Crippen molar-refractivity contribution in [3.05, 3.63) is 65.2 Å². The molecular weight excluding hydrogens is 312 g/mol. The number of carboxylic acid groups (broad SMARTS) is 2. The lowest BCUT2D eigenvalue weighted by atomic mass is 10.0. The average molecular weight is 328 g/mol. The molecular formula is C17H16N2O5. The van der Waals surface area contributed by atoms with Crippen LogP contribution in [0.1, 0.15) is 26.3 Å². The van der Waals surface area contributed by atoms with Crippen LogP contribution < -0.4 is 11.1 Å². The number of nitrogens with one attached hydrogen (secondary N) is 1. The summed E-state index contributed by atoms with van der Waals surface area (Å²) in [6, 6.07) is 11.0. The van der Waals surface area contributed by atoms with Crippen LogP contribution in [0.25, 0.3) is 0 Å². The van der Waals surface area contributed by atoms with Crippen LogP contribution in [-0.4, -0.2) is 34.1 Å². The summed E-state index contributed by atoms with van der Waals surface area (Å²) in [5.41, 5.74) is 6.53. The molecule has 7 heteroatoms. The minimum absolute atomic E-state index is 0.0522. The molecule has 0 spiro atoms. The summed E-state index contributed by atoms with van der Waals surface area (Å²) < 4.78 is 0. The number of hydrogen-bond acceptors (Lipinski definition) is 4. The number of carboxylic acids is 2. The van der Waals surface area contributed by atoms with Gasteiger partial charge in [0.15, 0.2) is 0 Å². The monoisotopic (exact) mass is 328 g/mol. The zero-order chi connectivity index (χ0) is 17.7. The summed E-state index contributed by atoms with van der Waals surface area (Å²) in [6.07, 6.45) is 0.0522. The molecule has 0 aromatic heterocycles. The number of carbonyl (C=O) groups is 3. The van der Waals surface area contributed by atoms with Crippen LogP contribution in [-0.2, 0) is 11.2 Å². The van der Waals surface area contributed by atoms with Gasteiger partial charge in [-0.15, -0.1) is 0 Å². The van der Waals surface area contributed by atoms with Crippen molar-refractivity contribution in [1.82, 2.24) is 5.32 Å². The van der Waals surface area contributed by atoms with Gasteiger partial charge >= 0.3 is 11.9 Å². The topological polar surface area (TPSA) is 130 Å². The minimum atomic E-state index is -1.26. The molecule has 2 rings (SSSR count). The third-order valence-corrected chi connectivity index (χ3v) is 3.43. The van der Waals surface area contributed by atoms with E-state index in [9.17, 15) is 19.5 Å². The van der Waals surface area contributed by atoms with Gasteiger partial charge in [0.1, 0.15) is 6.04 Å². The van der Waals surface area contributed by atoms with Gasteiger partial charge in [-0.1, -0.05) is 24.3 Å². The first-order valence-electron chi connectivity index (χ1n) is 7.09. The van der Waals surface area contributed by atoms with Crippen LogP contribution in [0.3, 0.4) is 0 Å². The summed E-state index contributed by atoms with van der Waals surface area (Å²) in [7, 11) is 0. The lowest BCUT2D eigenvalue weighted by Crippen LogP contribution is -2.42. The van der Waals surface area contributed by atoms with Gasteiger partial charge in [-0.25, -0.2) is 9.59 Å². The maximum absolute atomic E-state index is 12.3. The van der Waals surface area contributed by atoms with E-state index in [1.807, 2.05) is 0 Å². The zero-order valence-electron chi connectivity index (χ0n) is 12.6. The highest BCUT2D eigenvalue weighted by molar-refractivity contribution is 6.05. The Hall–Kier alpha value is -3.35. The van der Waals surface area contributed by atoms with Crippen molar-refractivity contribution in [3.63, 3.8) is 0 Å². The van der Waals surface area contributed by atoms with Gasteiger partial charge in [0.05, 0.1) is 11.1 Å². The molecule has 0 aliphatic rings. The first-order chi connectivity index (χ1) is 11.4. The van der Waals surface area contributed by atoms with E-state index in [0.717, 1.165) is 0 Å². The van der Waals surface area contributed by atoms with Crippen LogP contribution in [0.2, 0.25) is 0 Å². The highest BCUT2D eigenvalue weighted by atomic mass is 16.4. The molecule has 24 heavy (non-hydrogen) atoms. The summed E-state index contributed by atoms with van der Waals surface area (Å²) in [4.78, 5) is 34.8. The van der Waals surface area contributed by atoms with E-state index in [2.05, 4.69) is 5.32 Å². The van der Waals surface area contributed by atoms with Crippen molar-refractivity contribution in [2.45, 2.75) is 12.5 Å². The Bertz CT molecular complexity index is 771. The normalized spacial score (nSPS) is 11.5. The Morgan fingerprint density at radius 2 is 1.54 bits per heavy atom. The molecule has 1 atom stereocenters. The summed E-state index contributed by atoms with van der Waals surface area (Å²) in [6.45, 7) is 0. The van der Waals surface area contributed by atoms with Crippen LogP contribution in [0.15, 0.2) is 48.5 Å². The van der Waals surface area contributed by atoms with E-state index in [-0.39, 0.29) is 17.5 Å². The fraction of sp³-hybridized carbons (Fsp3) is 0.118. The van der Waals surface area contributed by atoms with Crippen molar-refractivity contribution in [1.29, 1.82) is 0 Å². The van der Waals surface area contributed by atoms with Crippen LogP contribution >= 0.6 is 0 Å².